The lowest BCUT2D eigenvalue weighted by Crippen LogP contribution is -2.12. The van der Waals surface area contributed by atoms with Gasteiger partial charge in [0.1, 0.15) is 18.7 Å². The Hall–Kier alpha value is -1.59. The van der Waals surface area contributed by atoms with Crippen molar-refractivity contribution in [2.24, 2.45) is 7.05 Å². The van der Waals surface area contributed by atoms with Crippen molar-refractivity contribution in [2.45, 2.75) is 19.6 Å². The van der Waals surface area contributed by atoms with Crippen molar-refractivity contribution in [1.82, 2.24) is 20.1 Å². The Labute approximate surface area is 117 Å². The minimum Gasteiger partial charge on any atom is -0.484 e. The molecule has 2 rings (SSSR count). The Morgan fingerprint density at radius 3 is 2.84 bits per heavy atom. The Kier molecular flexibility index (Phi) is 4.39. The summed E-state index contributed by atoms with van der Waals surface area (Å²) in [5.41, 5.74) is 1.12. The van der Waals surface area contributed by atoms with Crippen LogP contribution in [0, 0.1) is 0 Å². The van der Waals surface area contributed by atoms with Gasteiger partial charge in [0.25, 0.3) is 0 Å². The highest BCUT2D eigenvalue weighted by Gasteiger charge is 2.08. The first-order valence-corrected chi connectivity index (χ1v) is 6.42. The van der Waals surface area contributed by atoms with Crippen LogP contribution in [0.15, 0.2) is 24.5 Å². The third kappa shape index (κ3) is 3.24. The molecule has 1 N–H and O–H groups in total. The van der Waals surface area contributed by atoms with E-state index in [1.165, 1.54) is 0 Å². The molecule has 0 spiro atoms. The van der Waals surface area contributed by atoms with Crippen molar-refractivity contribution in [3.05, 3.63) is 40.9 Å². The zero-order valence-corrected chi connectivity index (χ0v) is 12.0. The van der Waals surface area contributed by atoms with Crippen LogP contribution in [-0.2, 0) is 13.7 Å². The molecule has 0 aliphatic heterocycles. The minimum atomic E-state index is 0.255. The number of nitrogens with one attached hydrogen (secondary N) is 1. The maximum absolute atomic E-state index is 6.21. The number of ether oxygens (including phenoxy) is 1. The van der Waals surface area contributed by atoms with Gasteiger partial charge in [0.05, 0.1) is 5.02 Å². The highest BCUT2D eigenvalue weighted by atomic mass is 35.5. The van der Waals surface area contributed by atoms with E-state index in [2.05, 4.69) is 22.4 Å². The van der Waals surface area contributed by atoms with Crippen LogP contribution in [0.5, 0.6) is 5.75 Å². The van der Waals surface area contributed by atoms with Gasteiger partial charge in [-0.05, 0) is 31.7 Å². The van der Waals surface area contributed by atoms with Crippen molar-refractivity contribution >= 4 is 11.6 Å². The molecule has 1 heterocycles. The first-order valence-electron chi connectivity index (χ1n) is 6.04. The number of halogens is 1. The molecule has 1 unspecified atom stereocenters. The number of benzene rings is 1. The highest BCUT2D eigenvalue weighted by Crippen LogP contribution is 2.28. The van der Waals surface area contributed by atoms with E-state index in [0.29, 0.717) is 17.4 Å². The molecule has 0 aliphatic rings. The summed E-state index contributed by atoms with van der Waals surface area (Å²) in [5, 5.41) is 11.5. The van der Waals surface area contributed by atoms with E-state index in [9.17, 15) is 0 Å². The fourth-order valence-electron chi connectivity index (χ4n) is 1.65. The van der Waals surface area contributed by atoms with E-state index < -0.39 is 0 Å². The van der Waals surface area contributed by atoms with Crippen LogP contribution in [0.2, 0.25) is 5.02 Å². The van der Waals surface area contributed by atoms with Crippen molar-refractivity contribution in [2.75, 3.05) is 7.05 Å². The van der Waals surface area contributed by atoms with E-state index in [4.69, 9.17) is 16.3 Å². The normalized spacial score (nSPS) is 12.4. The summed E-state index contributed by atoms with van der Waals surface area (Å²) in [6.07, 6.45) is 1.64. The molecule has 1 aromatic heterocycles. The monoisotopic (exact) mass is 280 g/mol. The summed E-state index contributed by atoms with van der Waals surface area (Å²) in [4.78, 5) is 0. The largest absolute Gasteiger partial charge is 0.484 e. The van der Waals surface area contributed by atoms with Crippen molar-refractivity contribution < 1.29 is 4.74 Å². The molecule has 19 heavy (non-hydrogen) atoms. The third-order valence-electron chi connectivity index (χ3n) is 3.05. The van der Waals surface area contributed by atoms with Crippen molar-refractivity contribution in [3.63, 3.8) is 0 Å². The molecule has 2 aromatic rings. The summed E-state index contributed by atoms with van der Waals surface area (Å²) in [6, 6.07) is 6.04. The summed E-state index contributed by atoms with van der Waals surface area (Å²) < 4.78 is 7.47. The molecule has 0 aliphatic carbocycles. The predicted molar refractivity (Wildman–Crippen MR) is 74.3 cm³/mol. The summed E-state index contributed by atoms with van der Waals surface area (Å²) in [6.45, 7) is 2.42. The molecular weight excluding hydrogens is 264 g/mol. The standard InChI is InChI=1S/C13H17ClN4O/c1-9(15-2)10-4-5-12(11(14)6-10)19-7-13-17-16-8-18(13)3/h4-6,8-9,15H,7H2,1-3H3. The molecule has 102 valence electrons. The predicted octanol–water partition coefficient (Wildman–Crippen LogP) is 2.33. The second kappa shape index (κ2) is 6.04. The van der Waals surface area contributed by atoms with Gasteiger partial charge in [-0.25, -0.2) is 0 Å². The second-order valence-corrected chi connectivity index (χ2v) is 4.75. The van der Waals surface area contributed by atoms with E-state index in [1.807, 2.05) is 36.9 Å². The molecule has 0 amide bonds. The molecule has 5 nitrogen and oxygen atoms in total. The van der Waals surface area contributed by atoms with Gasteiger partial charge in [-0.1, -0.05) is 17.7 Å². The van der Waals surface area contributed by atoms with Gasteiger partial charge in [-0.15, -0.1) is 10.2 Å². The van der Waals surface area contributed by atoms with Gasteiger partial charge in [0.2, 0.25) is 0 Å². The van der Waals surface area contributed by atoms with Crippen molar-refractivity contribution in [1.29, 1.82) is 0 Å². The average Bonchev–Trinajstić information content (AvgIpc) is 2.82. The van der Waals surface area contributed by atoms with E-state index in [1.54, 1.807) is 6.33 Å². The van der Waals surface area contributed by atoms with E-state index in [0.717, 1.165) is 11.4 Å². The smallest absolute Gasteiger partial charge is 0.170 e. The highest BCUT2D eigenvalue weighted by molar-refractivity contribution is 6.32. The number of rotatable bonds is 5. The van der Waals surface area contributed by atoms with Crippen LogP contribution in [0.1, 0.15) is 24.4 Å². The molecular formula is C13H17ClN4O. The zero-order valence-electron chi connectivity index (χ0n) is 11.2. The van der Waals surface area contributed by atoms with Crippen LogP contribution in [-0.4, -0.2) is 21.8 Å². The topological polar surface area (TPSA) is 52.0 Å². The van der Waals surface area contributed by atoms with Crippen LogP contribution >= 0.6 is 11.6 Å². The number of hydrogen-bond acceptors (Lipinski definition) is 4. The van der Waals surface area contributed by atoms with Gasteiger partial charge in [0, 0.05) is 13.1 Å². The Bertz CT molecular complexity index is 555. The molecule has 0 saturated carbocycles. The van der Waals surface area contributed by atoms with Crippen LogP contribution in [0.3, 0.4) is 0 Å². The Balaban J connectivity index is 2.07. The van der Waals surface area contributed by atoms with Crippen LogP contribution in [0.4, 0.5) is 0 Å². The minimum absolute atomic E-state index is 0.255. The first-order chi connectivity index (χ1) is 9.11. The second-order valence-electron chi connectivity index (χ2n) is 4.35. The SMILES string of the molecule is CNC(C)c1ccc(OCc2nncn2C)c(Cl)c1. The average molecular weight is 281 g/mol. The first kappa shape index (κ1) is 13.8. The molecule has 1 atom stereocenters. The third-order valence-corrected chi connectivity index (χ3v) is 3.35. The van der Waals surface area contributed by atoms with Gasteiger partial charge < -0.3 is 14.6 Å². The number of nitrogens with zero attached hydrogens (tertiary/aromatic N) is 3. The van der Waals surface area contributed by atoms with Crippen LogP contribution in [0.25, 0.3) is 0 Å². The van der Waals surface area contributed by atoms with E-state index in [-0.39, 0.29) is 6.04 Å². The number of hydrogen-bond donors (Lipinski definition) is 1. The fraction of sp³-hybridized carbons (Fsp3) is 0.385. The molecule has 0 fully saturated rings. The zero-order chi connectivity index (χ0) is 13.8. The molecule has 0 radical (unpaired) electrons. The van der Waals surface area contributed by atoms with Gasteiger partial charge in [-0.3, -0.25) is 0 Å². The van der Waals surface area contributed by atoms with Gasteiger partial charge >= 0.3 is 0 Å². The van der Waals surface area contributed by atoms with E-state index >= 15 is 0 Å². The maximum atomic E-state index is 6.21. The lowest BCUT2D eigenvalue weighted by atomic mass is 10.1. The fourth-order valence-corrected chi connectivity index (χ4v) is 1.89. The van der Waals surface area contributed by atoms with Crippen molar-refractivity contribution in [3.8, 4) is 5.75 Å². The van der Waals surface area contributed by atoms with Crippen LogP contribution < -0.4 is 10.1 Å². The molecule has 1 aromatic carbocycles. The number of aromatic nitrogens is 3. The molecule has 0 bridgehead atoms. The molecule has 6 heteroatoms. The summed E-state index contributed by atoms with van der Waals surface area (Å²) in [5.74, 6) is 1.40. The Morgan fingerprint density at radius 2 is 2.26 bits per heavy atom. The Morgan fingerprint density at radius 1 is 1.47 bits per heavy atom. The van der Waals surface area contributed by atoms with Gasteiger partial charge in [-0.2, -0.15) is 0 Å². The van der Waals surface area contributed by atoms with Gasteiger partial charge in [0.15, 0.2) is 5.82 Å². The summed E-state index contributed by atoms with van der Waals surface area (Å²) >= 11 is 6.21. The lowest BCUT2D eigenvalue weighted by Gasteiger charge is -2.13. The molecule has 0 saturated heterocycles. The summed E-state index contributed by atoms with van der Waals surface area (Å²) in [7, 11) is 3.79. The maximum Gasteiger partial charge on any atom is 0.170 e. The number of aryl methyl sites for hydroxylation is 1. The quantitative estimate of drug-likeness (QED) is 0.913. The lowest BCUT2D eigenvalue weighted by molar-refractivity contribution is 0.291.